The van der Waals surface area contributed by atoms with E-state index in [1.807, 2.05) is 13.8 Å². The van der Waals surface area contributed by atoms with Gasteiger partial charge in [-0.25, -0.2) is 4.39 Å². The molecule has 0 aliphatic rings. The molecule has 6 heteroatoms. The molecule has 1 aromatic carbocycles. The lowest BCUT2D eigenvalue weighted by Gasteiger charge is -2.12. The van der Waals surface area contributed by atoms with Gasteiger partial charge in [-0.1, -0.05) is 6.07 Å². The highest BCUT2D eigenvalue weighted by Gasteiger charge is 2.03. The summed E-state index contributed by atoms with van der Waals surface area (Å²) in [6.45, 7) is 5.66. The molecule has 0 amide bonds. The number of methoxy groups -OCH3 is 1. The van der Waals surface area contributed by atoms with Gasteiger partial charge in [-0.05, 0) is 43.5 Å². The van der Waals surface area contributed by atoms with Crippen molar-refractivity contribution < 1.29 is 13.9 Å². The number of guanidine groups is 1. The third-order valence-corrected chi connectivity index (χ3v) is 3.15. The van der Waals surface area contributed by atoms with E-state index in [4.69, 9.17) is 0 Å². The molecule has 0 atom stereocenters. The molecule has 0 aliphatic heterocycles. The van der Waals surface area contributed by atoms with Gasteiger partial charge in [0.2, 0.25) is 0 Å². The molecular weight excluding hydrogens is 285 g/mol. The molecule has 2 N–H and O–H groups in total. The number of nitrogens with zero attached hydrogens (tertiary/aromatic N) is 1. The Hall–Kier alpha value is -2.11. The number of aryl methyl sites for hydroxylation is 1. The van der Waals surface area contributed by atoms with Crippen molar-refractivity contribution in [3.8, 4) is 0 Å². The average Bonchev–Trinajstić information content (AvgIpc) is 2.49. The first-order valence-electron chi connectivity index (χ1n) is 7.40. The number of ether oxygens (including phenoxy) is 1. The molecule has 5 nitrogen and oxygen atoms in total. The molecule has 0 radical (unpaired) electrons. The van der Waals surface area contributed by atoms with Crippen molar-refractivity contribution in [3.63, 3.8) is 0 Å². The Kier molecular flexibility index (Phi) is 7.96. The maximum atomic E-state index is 13.0. The van der Waals surface area contributed by atoms with Gasteiger partial charge in [0.05, 0.1) is 20.1 Å². The number of carbonyl (C=O) groups is 1. The molecule has 0 heterocycles. The molecule has 22 heavy (non-hydrogen) atoms. The first-order valence-corrected chi connectivity index (χ1v) is 7.40. The van der Waals surface area contributed by atoms with Crippen LogP contribution in [0.25, 0.3) is 0 Å². The second-order valence-electron chi connectivity index (χ2n) is 4.83. The zero-order valence-electron chi connectivity index (χ0n) is 13.4. The van der Waals surface area contributed by atoms with Crippen molar-refractivity contribution in [3.05, 3.63) is 35.1 Å². The Morgan fingerprint density at radius 1 is 1.36 bits per heavy atom. The second-order valence-corrected chi connectivity index (χ2v) is 4.83. The van der Waals surface area contributed by atoms with Crippen LogP contribution < -0.4 is 10.6 Å². The monoisotopic (exact) mass is 309 g/mol. The number of esters is 1. The van der Waals surface area contributed by atoms with Crippen LogP contribution in [0.1, 0.15) is 24.5 Å². The predicted octanol–water partition coefficient (Wildman–Crippen LogP) is 1.79. The Bertz CT molecular complexity index is 518. The standard InChI is InChI=1S/C16H24FN3O2/c1-4-18-16(20-10-8-15(21)22-3)19-9-7-13-5-6-14(17)11-12(13)2/h5-6,11H,4,7-10H2,1-3H3,(H2,18,19,20). The zero-order valence-corrected chi connectivity index (χ0v) is 13.4. The van der Waals surface area contributed by atoms with Crippen molar-refractivity contribution in [1.29, 1.82) is 0 Å². The largest absolute Gasteiger partial charge is 0.469 e. The van der Waals surface area contributed by atoms with Gasteiger partial charge in [-0.2, -0.15) is 0 Å². The smallest absolute Gasteiger partial charge is 0.307 e. The number of carbonyl (C=O) groups excluding carboxylic acids is 1. The molecule has 1 aromatic rings. The van der Waals surface area contributed by atoms with E-state index in [1.54, 1.807) is 6.07 Å². The molecule has 0 fully saturated rings. The normalized spacial score (nSPS) is 11.2. The number of aliphatic imine (C=N–C) groups is 1. The Balaban J connectivity index is 2.46. The fraction of sp³-hybridized carbons (Fsp3) is 0.500. The molecule has 0 bridgehead atoms. The molecule has 0 spiro atoms. The van der Waals surface area contributed by atoms with E-state index in [0.29, 0.717) is 19.0 Å². The first kappa shape index (κ1) is 17.9. The molecule has 1 rings (SSSR count). The van der Waals surface area contributed by atoms with Gasteiger partial charge in [0, 0.05) is 13.1 Å². The molecule has 0 unspecified atom stereocenters. The molecule has 122 valence electrons. The Morgan fingerprint density at radius 3 is 2.77 bits per heavy atom. The van der Waals surface area contributed by atoms with Crippen LogP contribution in [-0.4, -0.2) is 38.7 Å². The quantitative estimate of drug-likeness (QED) is 0.458. The maximum absolute atomic E-state index is 13.0. The third-order valence-electron chi connectivity index (χ3n) is 3.15. The molecule has 0 aliphatic carbocycles. The van der Waals surface area contributed by atoms with E-state index in [1.165, 1.54) is 19.2 Å². The van der Waals surface area contributed by atoms with Crippen LogP contribution in [0.4, 0.5) is 4.39 Å². The van der Waals surface area contributed by atoms with E-state index in [0.717, 1.165) is 24.1 Å². The summed E-state index contributed by atoms with van der Waals surface area (Å²) in [6.07, 6.45) is 1.03. The molecule has 0 saturated heterocycles. The zero-order chi connectivity index (χ0) is 16.4. The third kappa shape index (κ3) is 6.56. The van der Waals surface area contributed by atoms with Crippen LogP contribution in [0.2, 0.25) is 0 Å². The van der Waals surface area contributed by atoms with Gasteiger partial charge in [0.25, 0.3) is 0 Å². The van der Waals surface area contributed by atoms with Crippen molar-refractivity contribution in [2.75, 3.05) is 26.7 Å². The summed E-state index contributed by atoms with van der Waals surface area (Å²) >= 11 is 0. The summed E-state index contributed by atoms with van der Waals surface area (Å²) in [7, 11) is 1.36. The van der Waals surface area contributed by atoms with Crippen LogP contribution >= 0.6 is 0 Å². The molecule has 0 saturated carbocycles. The minimum atomic E-state index is -0.276. The summed E-state index contributed by atoms with van der Waals surface area (Å²) < 4.78 is 17.6. The lowest BCUT2D eigenvalue weighted by Crippen LogP contribution is -2.38. The van der Waals surface area contributed by atoms with Crippen LogP contribution in [0.3, 0.4) is 0 Å². The first-order chi connectivity index (χ1) is 10.6. The lowest BCUT2D eigenvalue weighted by atomic mass is 10.1. The fourth-order valence-corrected chi connectivity index (χ4v) is 1.96. The summed E-state index contributed by atoms with van der Waals surface area (Å²) in [5, 5.41) is 6.31. The van der Waals surface area contributed by atoms with Crippen LogP contribution in [0.5, 0.6) is 0 Å². The number of hydrogen-bond donors (Lipinski definition) is 2. The van der Waals surface area contributed by atoms with E-state index >= 15 is 0 Å². The van der Waals surface area contributed by atoms with Crippen LogP contribution in [0.15, 0.2) is 23.2 Å². The van der Waals surface area contributed by atoms with Crippen molar-refractivity contribution in [2.24, 2.45) is 4.99 Å². The number of rotatable bonds is 7. The average molecular weight is 309 g/mol. The summed E-state index contributed by atoms with van der Waals surface area (Å²) in [5.41, 5.74) is 2.04. The number of hydrogen-bond acceptors (Lipinski definition) is 3. The van der Waals surface area contributed by atoms with E-state index in [2.05, 4.69) is 20.4 Å². The number of nitrogens with one attached hydrogen (secondary N) is 2. The topological polar surface area (TPSA) is 62.7 Å². The van der Waals surface area contributed by atoms with Crippen molar-refractivity contribution in [2.45, 2.75) is 26.7 Å². The van der Waals surface area contributed by atoms with Crippen molar-refractivity contribution >= 4 is 11.9 Å². The lowest BCUT2D eigenvalue weighted by molar-refractivity contribution is -0.140. The van der Waals surface area contributed by atoms with Gasteiger partial charge in [0.1, 0.15) is 5.82 Å². The van der Waals surface area contributed by atoms with Gasteiger partial charge >= 0.3 is 5.97 Å². The minimum absolute atomic E-state index is 0.216. The Morgan fingerprint density at radius 2 is 2.14 bits per heavy atom. The number of benzene rings is 1. The summed E-state index contributed by atoms with van der Waals surface area (Å²) in [5.74, 6) is 0.166. The van der Waals surface area contributed by atoms with Crippen molar-refractivity contribution in [1.82, 2.24) is 10.6 Å². The highest BCUT2D eigenvalue weighted by molar-refractivity contribution is 5.80. The SMILES string of the molecule is CCNC(=NCCC(=O)OC)NCCc1ccc(F)cc1C. The second kappa shape index (κ2) is 9.76. The predicted molar refractivity (Wildman–Crippen MR) is 85.5 cm³/mol. The highest BCUT2D eigenvalue weighted by Crippen LogP contribution is 2.10. The van der Waals surface area contributed by atoms with Crippen LogP contribution in [0, 0.1) is 12.7 Å². The molecular formula is C16H24FN3O2. The minimum Gasteiger partial charge on any atom is -0.469 e. The fourth-order valence-electron chi connectivity index (χ4n) is 1.96. The molecule has 0 aromatic heterocycles. The van der Waals surface area contributed by atoms with Gasteiger partial charge in [-0.3, -0.25) is 9.79 Å². The highest BCUT2D eigenvalue weighted by atomic mass is 19.1. The van der Waals surface area contributed by atoms with E-state index in [-0.39, 0.29) is 18.2 Å². The van der Waals surface area contributed by atoms with Gasteiger partial charge in [-0.15, -0.1) is 0 Å². The van der Waals surface area contributed by atoms with Gasteiger partial charge < -0.3 is 15.4 Å². The Labute approximate surface area is 131 Å². The maximum Gasteiger partial charge on any atom is 0.307 e. The summed E-state index contributed by atoms with van der Waals surface area (Å²) in [4.78, 5) is 15.4. The summed E-state index contributed by atoms with van der Waals surface area (Å²) in [6, 6.07) is 4.80. The van der Waals surface area contributed by atoms with E-state index < -0.39 is 0 Å². The van der Waals surface area contributed by atoms with E-state index in [9.17, 15) is 9.18 Å². The van der Waals surface area contributed by atoms with Crippen LogP contribution in [-0.2, 0) is 16.0 Å². The number of halogens is 1. The van der Waals surface area contributed by atoms with Gasteiger partial charge in [0.15, 0.2) is 5.96 Å².